The monoisotopic (exact) mass is 350 g/mol. The summed E-state index contributed by atoms with van der Waals surface area (Å²) in [4.78, 5) is 8.92. The zero-order valence-corrected chi connectivity index (χ0v) is 14.3. The van der Waals surface area contributed by atoms with E-state index in [1.54, 1.807) is 17.8 Å². The maximum atomic E-state index is 5.34. The van der Waals surface area contributed by atoms with Crippen molar-refractivity contribution in [1.29, 1.82) is 0 Å². The highest BCUT2D eigenvalue weighted by atomic mass is 16.5. The SMILES string of the molecule is COCc1cc(NCCc2nc(-c3ccccc3)no2)n2nccc2n1. The summed E-state index contributed by atoms with van der Waals surface area (Å²) in [5, 5.41) is 11.7. The van der Waals surface area contributed by atoms with Crippen LogP contribution in [0.2, 0.25) is 0 Å². The first-order valence-corrected chi connectivity index (χ1v) is 8.28. The van der Waals surface area contributed by atoms with Crippen LogP contribution in [0, 0.1) is 0 Å². The van der Waals surface area contributed by atoms with Gasteiger partial charge in [-0.05, 0) is 0 Å². The molecule has 4 rings (SSSR count). The van der Waals surface area contributed by atoms with Crippen LogP contribution >= 0.6 is 0 Å². The number of nitrogens with one attached hydrogen (secondary N) is 1. The Morgan fingerprint density at radius 3 is 2.88 bits per heavy atom. The summed E-state index contributed by atoms with van der Waals surface area (Å²) in [7, 11) is 1.65. The fourth-order valence-electron chi connectivity index (χ4n) is 2.67. The molecular weight excluding hydrogens is 332 g/mol. The van der Waals surface area contributed by atoms with Crippen molar-refractivity contribution in [2.45, 2.75) is 13.0 Å². The molecule has 26 heavy (non-hydrogen) atoms. The second-order valence-corrected chi connectivity index (χ2v) is 5.72. The van der Waals surface area contributed by atoms with Crippen molar-refractivity contribution >= 4 is 11.5 Å². The molecule has 0 aliphatic rings. The Kier molecular flexibility index (Phi) is 4.57. The molecule has 3 aromatic heterocycles. The molecule has 3 heterocycles. The van der Waals surface area contributed by atoms with Gasteiger partial charge in [0.25, 0.3) is 0 Å². The quantitative estimate of drug-likeness (QED) is 0.548. The number of hydrogen-bond donors (Lipinski definition) is 1. The van der Waals surface area contributed by atoms with Crippen LogP contribution in [-0.2, 0) is 17.8 Å². The van der Waals surface area contributed by atoms with E-state index in [4.69, 9.17) is 9.26 Å². The molecule has 0 aliphatic carbocycles. The molecule has 0 radical (unpaired) electrons. The van der Waals surface area contributed by atoms with Gasteiger partial charge in [-0.15, -0.1) is 0 Å². The van der Waals surface area contributed by atoms with E-state index < -0.39 is 0 Å². The second kappa shape index (κ2) is 7.32. The molecule has 0 aliphatic heterocycles. The third kappa shape index (κ3) is 3.40. The summed E-state index contributed by atoms with van der Waals surface area (Å²) in [5.74, 6) is 2.02. The largest absolute Gasteiger partial charge is 0.378 e. The van der Waals surface area contributed by atoms with Crippen LogP contribution in [0.5, 0.6) is 0 Å². The smallest absolute Gasteiger partial charge is 0.228 e. The molecule has 0 atom stereocenters. The van der Waals surface area contributed by atoms with Gasteiger partial charge in [0.1, 0.15) is 5.82 Å². The zero-order valence-electron chi connectivity index (χ0n) is 14.3. The van der Waals surface area contributed by atoms with Crippen molar-refractivity contribution in [3.63, 3.8) is 0 Å². The minimum absolute atomic E-state index is 0.445. The fourth-order valence-corrected chi connectivity index (χ4v) is 2.67. The Labute approximate surface area is 149 Å². The van der Waals surface area contributed by atoms with E-state index in [1.807, 2.05) is 42.5 Å². The van der Waals surface area contributed by atoms with E-state index in [0.29, 0.717) is 31.3 Å². The van der Waals surface area contributed by atoms with Gasteiger partial charge in [0.05, 0.1) is 18.5 Å². The van der Waals surface area contributed by atoms with E-state index in [2.05, 4.69) is 25.5 Å². The highest BCUT2D eigenvalue weighted by Crippen LogP contribution is 2.16. The van der Waals surface area contributed by atoms with Crippen LogP contribution in [0.15, 0.2) is 53.2 Å². The van der Waals surface area contributed by atoms with Crippen LogP contribution in [0.1, 0.15) is 11.6 Å². The van der Waals surface area contributed by atoms with Gasteiger partial charge in [-0.2, -0.15) is 14.6 Å². The first kappa shape index (κ1) is 16.2. The lowest BCUT2D eigenvalue weighted by atomic mass is 10.2. The third-order valence-electron chi connectivity index (χ3n) is 3.85. The number of anilines is 1. The van der Waals surface area contributed by atoms with E-state index in [1.165, 1.54) is 0 Å². The number of ether oxygens (including phenoxy) is 1. The van der Waals surface area contributed by atoms with Gasteiger partial charge in [-0.25, -0.2) is 4.98 Å². The average Bonchev–Trinajstić information content (AvgIpc) is 3.32. The summed E-state index contributed by atoms with van der Waals surface area (Å²) in [6, 6.07) is 13.5. The molecule has 0 saturated carbocycles. The minimum Gasteiger partial charge on any atom is -0.378 e. The van der Waals surface area contributed by atoms with Crippen molar-refractivity contribution < 1.29 is 9.26 Å². The van der Waals surface area contributed by atoms with Gasteiger partial charge in [-0.3, -0.25) is 0 Å². The molecule has 1 N–H and O–H groups in total. The third-order valence-corrected chi connectivity index (χ3v) is 3.85. The molecule has 8 heteroatoms. The van der Waals surface area contributed by atoms with Crippen LogP contribution in [0.25, 0.3) is 17.0 Å². The topological polar surface area (TPSA) is 90.4 Å². The predicted octanol–water partition coefficient (Wildman–Crippen LogP) is 2.58. The first-order chi connectivity index (χ1) is 12.8. The van der Waals surface area contributed by atoms with Crippen molar-refractivity contribution in [3.8, 4) is 11.4 Å². The van der Waals surface area contributed by atoms with E-state index in [0.717, 1.165) is 22.7 Å². The molecule has 8 nitrogen and oxygen atoms in total. The van der Waals surface area contributed by atoms with E-state index in [-0.39, 0.29) is 0 Å². The molecular formula is C18H18N6O2. The lowest BCUT2D eigenvalue weighted by molar-refractivity contribution is 0.181. The van der Waals surface area contributed by atoms with Gasteiger partial charge >= 0.3 is 0 Å². The summed E-state index contributed by atoms with van der Waals surface area (Å²) < 4.78 is 12.3. The number of methoxy groups -OCH3 is 1. The van der Waals surface area contributed by atoms with Crippen molar-refractivity contribution in [2.75, 3.05) is 19.0 Å². The molecule has 4 aromatic rings. The van der Waals surface area contributed by atoms with E-state index in [9.17, 15) is 0 Å². The summed E-state index contributed by atoms with van der Waals surface area (Å²) in [6.45, 7) is 1.07. The highest BCUT2D eigenvalue weighted by Gasteiger charge is 2.10. The van der Waals surface area contributed by atoms with Gasteiger partial charge < -0.3 is 14.6 Å². The standard InChI is InChI=1S/C18H18N6O2/c1-25-12-14-11-16(24-15(21-14)7-10-20-24)19-9-8-17-22-18(23-26-17)13-5-3-2-4-6-13/h2-7,10-11,19H,8-9,12H2,1H3. The number of rotatable bonds is 7. The lowest BCUT2D eigenvalue weighted by Crippen LogP contribution is -2.11. The first-order valence-electron chi connectivity index (χ1n) is 8.28. The van der Waals surface area contributed by atoms with Crippen molar-refractivity contribution in [2.24, 2.45) is 0 Å². The molecule has 0 saturated heterocycles. The van der Waals surface area contributed by atoms with Crippen molar-refractivity contribution in [1.82, 2.24) is 24.7 Å². The Balaban J connectivity index is 1.44. The van der Waals surface area contributed by atoms with Crippen molar-refractivity contribution in [3.05, 3.63) is 60.2 Å². The minimum atomic E-state index is 0.445. The number of hydrogen-bond acceptors (Lipinski definition) is 7. The highest BCUT2D eigenvalue weighted by molar-refractivity contribution is 5.53. The summed E-state index contributed by atoms with van der Waals surface area (Å²) in [5.41, 5.74) is 2.55. The number of fused-ring (bicyclic) bond motifs is 1. The Morgan fingerprint density at radius 1 is 1.15 bits per heavy atom. The summed E-state index contributed by atoms with van der Waals surface area (Å²) >= 11 is 0. The average molecular weight is 350 g/mol. The Morgan fingerprint density at radius 2 is 2.04 bits per heavy atom. The van der Waals surface area contributed by atoms with Gasteiger partial charge in [0, 0.05) is 37.8 Å². The number of nitrogens with zero attached hydrogens (tertiary/aromatic N) is 5. The maximum Gasteiger partial charge on any atom is 0.228 e. The fraction of sp³-hybridized carbons (Fsp3) is 0.222. The predicted molar refractivity (Wildman–Crippen MR) is 95.6 cm³/mol. The normalized spacial score (nSPS) is 11.1. The van der Waals surface area contributed by atoms with E-state index >= 15 is 0 Å². The molecule has 0 fully saturated rings. The molecule has 0 spiro atoms. The number of benzene rings is 1. The van der Waals surface area contributed by atoms with Crippen LogP contribution < -0.4 is 5.32 Å². The lowest BCUT2D eigenvalue weighted by Gasteiger charge is -2.09. The molecule has 0 unspecified atom stereocenters. The van der Waals surface area contributed by atoms with Gasteiger partial charge in [0.15, 0.2) is 5.65 Å². The molecule has 0 amide bonds. The van der Waals surface area contributed by atoms with Crippen LogP contribution in [0.4, 0.5) is 5.82 Å². The zero-order chi connectivity index (χ0) is 17.8. The van der Waals surface area contributed by atoms with Gasteiger partial charge in [0.2, 0.25) is 11.7 Å². The molecule has 1 aromatic carbocycles. The Bertz CT molecular complexity index is 995. The second-order valence-electron chi connectivity index (χ2n) is 5.72. The van der Waals surface area contributed by atoms with Crippen LogP contribution in [0.3, 0.4) is 0 Å². The maximum absolute atomic E-state index is 5.34. The molecule has 0 bridgehead atoms. The summed E-state index contributed by atoms with van der Waals surface area (Å²) in [6.07, 6.45) is 2.32. The number of aromatic nitrogens is 5. The van der Waals surface area contributed by atoms with Crippen LogP contribution in [-0.4, -0.2) is 38.4 Å². The Hall–Kier alpha value is -3.26. The van der Waals surface area contributed by atoms with Gasteiger partial charge in [-0.1, -0.05) is 35.5 Å². The molecule has 132 valence electrons.